The van der Waals surface area contributed by atoms with Gasteiger partial charge in [0.15, 0.2) is 0 Å². The average Bonchev–Trinajstić information content (AvgIpc) is 0. The van der Waals surface area contributed by atoms with Gasteiger partial charge in [0, 0.05) is 94.0 Å². The third kappa shape index (κ3) is 9.60. The number of hydrogen-bond acceptors (Lipinski definition) is 0. The molecular formula is H2CaLaMnPr. The predicted molar refractivity (Wildman–Crippen MR) is 7.98 cm³/mol. The zero-order chi connectivity index (χ0) is 0. The Bertz CT molecular complexity index is 13.5. The molecule has 4 heavy (non-hydrogen) atoms. The van der Waals surface area contributed by atoms with Crippen LogP contribution in [0.5, 0.6) is 0 Å². The normalized spacial score (nSPS) is 0. The summed E-state index contributed by atoms with van der Waals surface area (Å²) in [6, 6.07) is 0. The van der Waals surface area contributed by atoms with Crippen LogP contribution in [-0.2, 0) is 17.1 Å². The van der Waals surface area contributed by atoms with E-state index in [-0.39, 0.29) is 135 Å². The van der Waals surface area contributed by atoms with Crippen LogP contribution in [0.15, 0.2) is 0 Å². The van der Waals surface area contributed by atoms with Gasteiger partial charge in [0.1, 0.15) is 0 Å². The molecule has 0 heterocycles. The standard InChI is InChI=1S/Ca.La.Mn.Pr.2H/q+2;;;;2*-1. The summed E-state index contributed by atoms with van der Waals surface area (Å²) in [6.45, 7) is 0. The molecule has 0 aliphatic rings. The van der Waals surface area contributed by atoms with Gasteiger partial charge in [-0.2, -0.15) is 0 Å². The molecule has 0 unspecified atom stereocenters. The fraction of sp³-hybridized carbons (Fsp3) is 0. The molecule has 0 aromatic rings. The molecule has 0 aromatic carbocycles. The van der Waals surface area contributed by atoms with Gasteiger partial charge in [-0.1, -0.05) is 0 Å². The van der Waals surface area contributed by atoms with Crippen molar-refractivity contribution < 1.29 is 96.8 Å². The molecule has 0 saturated heterocycles. The zero-order valence-electron chi connectivity index (χ0n) is 4.24. The summed E-state index contributed by atoms with van der Waals surface area (Å²) in [7, 11) is 0. The van der Waals surface area contributed by atoms with E-state index in [1.54, 1.807) is 0 Å². The van der Waals surface area contributed by atoms with Crippen LogP contribution < -0.4 is 0 Å². The van der Waals surface area contributed by atoms with Gasteiger partial charge in [-0.3, -0.25) is 0 Å². The summed E-state index contributed by atoms with van der Waals surface area (Å²) < 4.78 is 0. The molecule has 0 spiro atoms. The van der Waals surface area contributed by atoms with Crippen LogP contribution in [0.4, 0.5) is 0 Å². The second-order valence-electron chi connectivity index (χ2n) is 0. The van der Waals surface area contributed by atoms with Crippen molar-refractivity contribution in [2.24, 2.45) is 0 Å². The largest absolute Gasteiger partial charge is 2.00 e. The van der Waals surface area contributed by atoms with Crippen molar-refractivity contribution in [2.45, 2.75) is 0 Å². The van der Waals surface area contributed by atoms with E-state index in [9.17, 15) is 0 Å². The Morgan fingerprint density at radius 1 is 1.25 bits per heavy atom. The second kappa shape index (κ2) is 15.7. The molecule has 0 aromatic heterocycles. The van der Waals surface area contributed by atoms with Gasteiger partial charge in [0.2, 0.25) is 0 Å². The second-order valence-corrected chi connectivity index (χ2v) is 0. The fourth-order valence-corrected chi connectivity index (χ4v) is 0. The Balaban J connectivity index is 0. The van der Waals surface area contributed by atoms with Gasteiger partial charge in [-0.05, 0) is 0 Å². The van der Waals surface area contributed by atoms with E-state index in [0.717, 1.165) is 0 Å². The molecule has 4 heteroatoms. The Labute approximate surface area is 131 Å². The molecule has 0 fully saturated rings. The summed E-state index contributed by atoms with van der Waals surface area (Å²) in [4.78, 5) is 0. The first-order valence-corrected chi connectivity index (χ1v) is 0. The molecular weight excluding hydrogens is 375 g/mol. The van der Waals surface area contributed by atoms with Gasteiger partial charge in [0.05, 0.1) is 0 Å². The van der Waals surface area contributed by atoms with Crippen molar-refractivity contribution >= 4 is 37.7 Å². The Morgan fingerprint density at radius 3 is 1.25 bits per heavy atom. The quantitative estimate of drug-likeness (QED) is 0.516. The SMILES string of the molecule is [Ca+2].[H-].[H-].[La].[Mn].[Pr]. The van der Waals surface area contributed by atoms with Crippen LogP contribution in [0.1, 0.15) is 2.85 Å². The Morgan fingerprint density at radius 2 is 1.25 bits per heavy atom. The van der Waals surface area contributed by atoms with E-state index in [0.29, 0.717) is 0 Å². The summed E-state index contributed by atoms with van der Waals surface area (Å²) in [6.07, 6.45) is 0. The van der Waals surface area contributed by atoms with Crippen LogP contribution in [0, 0.1) is 76.9 Å². The van der Waals surface area contributed by atoms with Crippen LogP contribution in [-0.4, -0.2) is 37.7 Å². The minimum Gasteiger partial charge on any atom is -1.00 e. The van der Waals surface area contributed by atoms with Gasteiger partial charge < -0.3 is 2.85 Å². The third-order valence-electron chi connectivity index (χ3n) is 0. The van der Waals surface area contributed by atoms with E-state index in [2.05, 4.69) is 0 Å². The topological polar surface area (TPSA) is 0 Å². The van der Waals surface area contributed by atoms with Crippen molar-refractivity contribution in [1.29, 1.82) is 0 Å². The van der Waals surface area contributed by atoms with E-state index in [1.807, 2.05) is 0 Å². The minimum absolute atomic E-state index is 0. The molecule has 0 nitrogen and oxygen atoms in total. The zero-order valence-corrected chi connectivity index (χ0v) is 13.0. The maximum Gasteiger partial charge on any atom is 2.00 e. The smallest absolute Gasteiger partial charge is 1.00 e. The first-order valence-electron chi connectivity index (χ1n) is 0. The van der Waals surface area contributed by atoms with Crippen molar-refractivity contribution in [1.82, 2.24) is 0 Å². The van der Waals surface area contributed by atoms with E-state index >= 15 is 0 Å². The Kier molecular flexibility index (Phi) is 93.4. The molecule has 0 amide bonds. The van der Waals surface area contributed by atoms with Crippen LogP contribution >= 0.6 is 0 Å². The van der Waals surface area contributed by atoms with Crippen molar-refractivity contribution in [2.75, 3.05) is 0 Å². The van der Waals surface area contributed by atoms with Crippen molar-refractivity contribution in [3.05, 3.63) is 0 Å². The monoisotopic (exact) mass is 377 g/mol. The van der Waals surface area contributed by atoms with Gasteiger partial charge in [-0.15, -0.1) is 0 Å². The maximum absolute atomic E-state index is 0. The molecule has 0 atom stereocenters. The van der Waals surface area contributed by atoms with E-state index in [4.69, 9.17) is 0 Å². The van der Waals surface area contributed by atoms with Crippen molar-refractivity contribution in [3.8, 4) is 0 Å². The summed E-state index contributed by atoms with van der Waals surface area (Å²) in [5.41, 5.74) is 0. The molecule has 0 rings (SSSR count). The first kappa shape index (κ1) is 23.9. The van der Waals surface area contributed by atoms with Crippen LogP contribution in [0.3, 0.4) is 0 Å². The fourth-order valence-electron chi connectivity index (χ4n) is 0. The molecule has 0 aliphatic heterocycles. The molecule has 0 bridgehead atoms. The van der Waals surface area contributed by atoms with E-state index < -0.39 is 0 Å². The summed E-state index contributed by atoms with van der Waals surface area (Å²) >= 11 is 0. The molecule has 0 aliphatic carbocycles. The van der Waals surface area contributed by atoms with Gasteiger partial charge >= 0.3 is 37.7 Å². The molecule has 0 N–H and O–H groups in total. The van der Waals surface area contributed by atoms with E-state index in [1.165, 1.54) is 0 Å². The number of rotatable bonds is 0. The van der Waals surface area contributed by atoms with Crippen LogP contribution in [0.2, 0.25) is 0 Å². The summed E-state index contributed by atoms with van der Waals surface area (Å²) in [5.74, 6) is 0. The van der Waals surface area contributed by atoms with Gasteiger partial charge in [-0.25, -0.2) is 0 Å². The predicted octanol–water partition coefficient (Wildman–Crippen LogP) is -0.158. The Hall–Kier alpha value is 4.34. The molecule has 0 saturated carbocycles. The maximum atomic E-state index is 0. The molecule has 17 valence electrons. The van der Waals surface area contributed by atoms with Gasteiger partial charge in [0.25, 0.3) is 0 Å². The molecule has 3 radical (unpaired) electrons. The average molecular weight is 377 g/mol. The van der Waals surface area contributed by atoms with Crippen LogP contribution in [0.25, 0.3) is 0 Å². The van der Waals surface area contributed by atoms with Crippen molar-refractivity contribution in [3.63, 3.8) is 0 Å². The minimum atomic E-state index is 0. The summed E-state index contributed by atoms with van der Waals surface area (Å²) in [5, 5.41) is 0. The number of hydrogen-bond donors (Lipinski definition) is 0. The first-order chi connectivity index (χ1) is 0. The third-order valence-corrected chi connectivity index (χ3v) is 0.